The van der Waals surface area contributed by atoms with Crippen LogP contribution in [0.3, 0.4) is 0 Å². The van der Waals surface area contributed by atoms with E-state index in [0.717, 1.165) is 31.5 Å². The highest BCUT2D eigenvalue weighted by atomic mass is 32.1. The van der Waals surface area contributed by atoms with Crippen LogP contribution in [0.1, 0.15) is 48.2 Å². The highest BCUT2D eigenvalue weighted by Crippen LogP contribution is 2.29. The van der Waals surface area contributed by atoms with E-state index in [4.69, 9.17) is 4.74 Å². The van der Waals surface area contributed by atoms with E-state index in [1.165, 1.54) is 29.9 Å². The van der Waals surface area contributed by atoms with E-state index in [1.54, 1.807) is 23.5 Å². The van der Waals surface area contributed by atoms with Gasteiger partial charge in [-0.3, -0.25) is 4.90 Å². The summed E-state index contributed by atoms with van der Waals surface area (Å²) in [6, 6.07) is 10.2. The van der Waals surface area contributed by atoms with Gasteiger partial charge in [0.1, 0.15) is 5.82 Å². The molecular weight excluding hydrogens is 389 g/mol. The number of amides is 2. The van der Waals surface area contributed by atoms with Gasteiger partial charge in [-0.2, -0.15) is 0 Å². The summed E-state index contributed by atoms with van der Waals surface area (Å²) >= 11 is 1.73. The smallest absolute Gasteiger partial charge is 0.315 e. The molecule has 0 saturated carbocycles. The van der Waals surface area contributed by atoms with Gasteiger partial charge in [-0.05, 0) is 67.9 Å². The molecule has 7 heteroatoms. The van der Waals surface area contributed by atoms with Crippen molar-refractivity contribution < 1.29 is 13.9 Å². The van der Waals surface area contributed by atoms with Gasteiger partial charge in [-0.25, -0.2) is 9.18 Å². The molecule has 1 aromatic carbocycles. The van der Waals surface area contributed by atoms with Gasteiger partial charge >= 0.3 is 6.03 Å². The number of carbonyl (C=O) groups is 1. The first-order valence-corrected chi connectivity index (χ1v) is 11.3. The summed E-state index contributed by atoms with van der Waals surface area (Å²) in [6.07, 6.45) is 4.19. The van der Waals surface area contributed by atoms with Crippen LogP contribution < -0.4 is 10.6 Å². The van der Waals surface area contributed by atoms with Crippen molar-refractivity contribution in [3.63, 3.8) is 0 Å². The lowest BCUT2D eigenvalue weighted by Gasteiger charge is -2.28. The Kier molecular flexibility index (Phi) is 6.79. The summed E-state index contributed by atoms with van der Waals surface area (Å²) in [4.78, 5) is 16.5. The number of urea groups is 1. The highest BCUT2D eigenvalue weighted by Gasteiger charge is 2.30. The molecule has 2 amide bonds. The van der Waals surface area contributed by atoms with Crippen LogP contribution in [0.15, 0.2) is 41.8 Å². The van der Waals surface area contributed by atoms with E-state index in [2.05, 4.69) is 33.0 Å². The zero-order valence-electron chi connectivity index (χ0n) is 16.5. The number of thiophene rings is 1. The molecule has 3 heterocycles. The Morgan fingerprint density at radius 2 is 2.00 bits per heavy atom. The third-order valence-electron chi connectivity index (χ3n) is 5.76. The van der Waals surface area contributed by atoms with E-state index < -0.39 is 0 Å². The first kappa shape index (κ1) is 20.3. The molecule has 1 aromatic heterocycles. The van der Waals surface area contributed by atoms with Gasteiger partial charge in [-0.1, -0.05) is 18.2 Å². The quantitative estimate of drug-likeness (QED) is 0.708. The Bertz CT molecular complexity index is 772. The number of ether oxygens (including phenoxy) is 1. The van der Waals surface area contributed by atoms with Gasteiger partial charge in [0.2, 0.25) is 0 Å². The molecule has 29 heavy (non-hydrogen) atoms. The van der Waals surface area contributed by atoms with Crippen LogP contribution >= 0.6 is 11.3 Å². The number of nitrogens with one attached hydrogen (secondary N) is 2. The summed E-state index contributed by atoms with van der Waals surface area (Å²) in [5.41, 5.74) is 0.864. The van der Waals surface area contributed by atoms with E-state index in [1.807, 2.05) is 0 Å². The Morgan fingerprint density at radius 3 is 2.66 bits per heavy atom. The number of hydrogen-bond donors (Lipinski definition) is 2. The van der Waals surface area contributed by atoms with Gasteiger partial charge in [0, 0.05) is 18.0 Å². The fourth-order valence-electron chi connectivity index (χ4n) is 4.25. The summed E-state index contributed by atoms with van der Waals surface area (Å²) in [5.74, 6) is -0.284. The zero-order chi connectivity index (χ0) is 20.1. The van der Waals surface area contributed by atoms with Crippen molar-refractivity contribution in [1.82, 2.24) is 15.5 Å². The number of carbonyl (C=O) groups excluding carboxylic acids is 1. The largest absolute Gasteiger partial charge is 0.376 e. The number of hydrogen-bond acceptors (Lipinski definition) is 4. The minimum atomic E-state index is -0.287. The number of likely N-dealkylation sites (tertiary alicyclic amines) is 1. The van der Waals surface area contributed by atoms with Crippen LogP contribution in [0.5, 0.6) is 0 Å². The van der Waals surface area contributed by atoms with Crippen molar-refractivity contribution in [2.75, 3.05) is 26.2 Å². The molecule has 0 radical (unpaired) electrons. The van der Waals surface area contributed by atoms with Crippen molar-refractivity contribution in [2.45, 2.75) is 43.9 Å². The van der Waals surface area contributed by atoms with Gasteiger partial charge in [-0.15, -0.1) is 11.3 Å². The molecule has 3 unspecified atom stereocenters. The fourth-order valence-corrected chi connectivity index (χ4v) is 5.11. The summed E-state index contributed by atoms with van der Waals surface area (Å²) in [7, 11) is 0. The van der Waals surface area contributed by atoms with Crippen molar-refractivity contribution in [3.8, 4) is 0 Å². The molecule has 2 fully saturated rings. The molecule has 2 aliphatic heterocycles. The molecule has 2 aromatic rings. The first-order valence-electron chi connectivity index (χ1n) is 10.4. The molecule has 2 aliphatic rings. The van der Waals surface area contributed by atoms with Gasteiger partial charge < -0.3 is 15.4 Å². The van der Waals surface area contributed by atoms with Crippen molar-refractivity contribution in [3.05, 3.63) is 58.0 Å². The van der Waals surface area contributed by atoms with E-state index in [-0.39, 0.29) is 30.0 Å². The standard InChI is InChI=1S/C22H28FN3O2S/c23-17-9-7-16(8-10-17)21(19-5-3-13-28-19)25-22(27)24-15-18(20-6-4-14-29-20)26-11-1-2-12-26/h4,6-10,14,18-19,21H,1-3,5,11-13,15H2,(H2,24,25,27). The summed E-state index contributed by atoms with van der Waals surface area (Å²) < 4.78 is 19.2. The van der Waals surface area contributed by atoms with E-state index >= 15 is 0 Å². The molecule has 5 nitrogen and oxygen atoms in total. The Hall–Kier alpha value is -1.96. The summed E-state index contributed by atoms with van der Waals surface area (Å²) in [5, 5.41) is 8.23. The zero-order valence-corrected chi connectivity index (χ0v) is 17.3. The lowest BCUT2D eigenvalue weighted by atomic mass is 9.99. The molecule has 2 N–H and O–H groups in total. The molecular formula is C22H28FN3O2S. The van der Waals surface area contributed by atoms with Crippen molar-refractivity contribution >= 4 is 17.4 Å². The maximum Gasteiger partial charge on any atom is 0.315 e. The topological polar surface area (TPSA) is 53.6 Å². The van der Waals surface area contributed by atoms with Crippen LogP contribution in [0.4, 0.5) is 9.18 Å². The maximum atomic E-state index is 13.3. The van der Waals surface area contributed by atoms with Crippen LogP contribution in [-0.4, -0.2) is 43.3 Å². The average Bonchev–Trinajstić information content (AvgIpc) is 3.51. The Balaban J connectivity index is 1.41. The predicted molar refractivity (Wildman–Crippen MR) is 113 cm³/mol. The highest BCUT2D eigenvalue weighted by molar-refractivity contribution is 7.10. The van der Waals surface area contributed by atoms with Crippen LogP contribution in [0.25, 0.3) is 0 Å². The third-order valence-corrected chi connectivity index (χ3v) is 6.73. The average molecular weight is 418 g/mol. The number of benzene rings is 1. The normalized spacial score (nSPS) is 21.8. The van der Waals surface area contributed by atoms with Crippen LogP contribution in [0.2, 0.25) is 0 Å². The second kappa shape index (κ2) is 9.69. The SMILES string of the molecule is O=C(NCC(c1cccs1)N1CCCC1)NC(c1ccc(F)cc1)C1CCCO1. The lowest BCUT2D eigenvalue weighted by Crippen LogP contribution is -2.45. The molecule has 4 rings (SSSR count). The monoisotopic (exact) mass is 417 g/mol. The van der Waals surface area contributed by atoms with E-state index in [0.29, 0.717) is 13.2 Å². The summed E-state index contributed by atoms with van der Waals surface area (Å²) in [6.45, 7) is 3.40. The molecule has 0 bridgehead atoms. The predicted octanol–water partition coefficient (Wildman–Crippen LogP) is 4.24. The molecule has 3 atom stereocenters. The van der Waals surface area contributed by atoms with Gasteiger partial charge in [0.15, 0.2) is 0 Å². The van der Waals surface area contributed by atoms with Crippen molar-refractivity contribution in [1.29, 1.82) is 0 Å². The fraction of sp³-hybridized carbons (Fsp3) is 0.500. The number of halogens is 1. The van der Waals surface area contributed by atoms with Crippen molar-refractivity contribution in [2.24, 2.45) is 0 Å². The van der Waals surface area contributed by atoms with Crippen LogP contribution in [0, 0.1) is 5.82 Å². The third kappa shape index (κ3) is 5.15. The van der Waals surface area contributed by atoms with E-state index in [9.17, 15) is 9.18 Å². The molecule has 0 aliphatic carbocycles. The maximum absolute atomic E-state index is 13.3. The number of nitrogens with zero attached hydrogens (tertiary/aromatic N) is 1. The van der Waals surface area contributed by atoms with Gasteiger partial charge in [0.05, 0.1) is 18.2 Å². The lowest BCUT2D eigenvalue weighted by molar-refractivity contribution is 0.0806. The molecule has 2 saturated heterocycles. The minimum absolute atomic E-state index is 0.0853. The molecule has 0 spiro atoms. The second-order valence-electron chi connectivity index (χ2n) is 7.71. The second-order valence-corrected chi connectivity index (χ2v) is 8.69. The molecule has 156 valence electrons. The number of rotatable bonds is 7. The first-order chi connectivity index (χ1) is 14.2. The Morgan fingerprint density at radius 1 is 1.21 bits per heavy atom. The van der Waals surface area contributed by atoms with Crippen LogP contribution in [-0.2, 0) is 4.74 Å². The minimum Gasteiger partial charge on any atom is -0.376 e. The van der Waals surface area contributed by atoms with Gasteiger partial charge in [0.25, 0.3) is 0 Å². The Labute approximate surface area is 175 Å².